The topological polar surface area (TPSA) is 74.2 Å². The second kappa shape index (κ2) is 7.35. The summed E-state index contributed by atoms with van der Waals surface area (Å²) in [7, 11) is 0.697. The fourth-order valence-electron chi connectivity index (χ4n) is 2.08. The number of benzene rings is 2. The molecule has 0 unspecified atom stereocenters. The van der Waals surface area contributed by atoms with Crippen LogP contribution in [0.1, 0.15) is 11.1 Å². The zero-order chi connectivity index (χ0) is 17.7. The molecule has 0 spiro atoms. The standard InChI is InChI=1S/C17H19NO5S/c1-12-5-7-14(8-6-12)24(19,20)18-11-13-9-15(21-2)17(23-4)16(10-13)22-3/h5-11H,1-4H3/b18-11+. The largest absolute Gasteiger partial charge is 0.493 e. The van der Waals surface area contributed by atoms with Crippen molar-refractivity contribution in [3.63, 3.8) is 0 Å². The number of methoxy groups -OCH3 is 3. The molecular weight excluding hydrogens is 330 g/mol. The van der Waals surface area contributed by atoms with E-state index in [0.717, 1.165) is 5.56 Å². The highest BCUT2D eigenvalue weighted by Gasteiger charge is 2.14. The van der Waals surface area contributed by atoms with Crippen LogP contribution < -0.4 is 14.2 Å². The number of sulfonamides is 1. The van der Waals surface area contributed by atoms with E-state index in [4.69, 9.17) is 14.2 Å². The van der Waals surface area contributed by atoms with Crippen LogP contribution >= 0.6 is 0 Å². The molecule has 0 aromatic heterocycles. The van der Waals surface area contributed by atoms with Crippen LogP contribution in [-0.2, 0) is 10.0 Å². The number of nitrogens with zero attached hydrogens (tertiary/aromatic N) is 1. The van der Waals surface area contributed by atoms with Crippen molar-refractivity contribution in [3.05, 3.63) is 47.5 Å². The molecule has 0 saturated heterocycles. The van der Waals surface area contributed by atoms with Gasteiger partial charge in [-0.25, -0.2) is 0 Å². The normalized spacial score (nSPS) is 11.5. The van der Waals surface area contributed by atoms with Crippen LogP contribution in [0, 0.1) is 6.92 Å². The van der Waals surface area contributed by atoms with Crippen molar-refractivity contribution in [1.29, 1.82) is 0 Å². The minimum absolute atomic E-state index is 0.136. The molecule has 0 N–H and O–H groups in total. The number of rotatable bonds is 6. The number of ether oxygens (including phenoxy) is 3. The summed E-state index contributed by atoms with van der Waals surface area (Å²) in [6, 6.07) is 9.74. The Morgan fingerprint density at radius 3 is 1.92 bits per heavy atom. The van der Waals surface area contributed by atoms with Crippen molar-refractivity contribution in [2.45, 2.75) is 11.8 Å². The van der Waals surface area contributed by atoms with Gasteiger partial charge in [0.1, 0.15) is 0 Å². The number of aryl methyl sites for hydroxylation is 1. The van der Waals surface area contributed by atoms with Crippen molar-refractivity contribution < 1.29 is 22.6 Å². The molecule has 0 fully saturated rings. The quantitative estimate of drug-likeness (QED) is 0.750. The Bertz CT molecular complexity index is 817. The van der Waals surface area contributed by atoms with Crippen molar-refractivity contribution in [1.82, 2.24) is 0 Å². The van der Waals surface area contributed by atoms with E-state index < -0.39 is 10.0 Å². The molecule has 0 radical (unpaired) electrons. The van der Waals surface area contributed by atoms with Crippen LogP contribution in [0.4, 0.5) is 0 Å². The third-order valence-electron chi connectivity index (χ3n) is 3.35. The zero-order valence-electron chi connectivity index (χ0n) is 13.9. The maximum atomic E-state index is 12.3. The molecule has 0 amide bonds. The molecule has 0 saturated carbocycles. The van der Waals surface area contributed by atoms with Gasteiger partial charge >= 0.3 is 0 Å². The van der Waals surface area contributed by atoms with E-state index >= 15 is 0 Å². The molecule has 0 aliphatic carbocycles. The number of hydrogen-bond acceptors (Lipinski definition) is 5. The van der Waals surface area contributed by atoms with Gasteiger partial charge in [-0.05, 0) is 31.2 Å². The highest BCUT2D eigenvalue weighted by atomic mass is 32.2. The van der Waals surface area contributed by atoms with Crippen molar-refractivity contribution >= 4 is 16.2 Å². The first kappa shape index (κ1) is 17.8. The lowest BCUT2D eigenvalue weighted by Gasteiger charge is -2.12. The van der Waals surface area contributed by atoms with Crippen LogP contribution in [0.2, 0.25) is 0 Å². The second-order valence-corrected chi connectivity index (χ2v) is 6.61. The maximum absolute atomic E-state index is 12.3. The van der Waals surface area contributed by atoms with Crippen LogP contribution in [-0.4, -0.2) is 36.0 Å². The summed E-state index contributed by atoms with van der Waals surface area (Å²) >= 11 is 0. The monoisotopic (exact) mass is 349 g/mol. The predicted molar refractivity (Wildman–Crippen MR) is 92.1 cm³/mol. The predicted octanol–water partition coefficient (Wildman–Crippen LogP) is 2.83. The van der Waals surface area contributed by atoms with Gasteiger partial charge in [0.15, 0.2) is 11.5 Å². The minimum Gasteiger partial charge on any atom is -0.493 e. The molecule has 2 rings (SSSR count). The van der Waals surface area contributed by atoms with E-state index in [1.54, 1.807) is 24.3 Å². The first-order chi connectivity index (χ1) is 11.4. The Labute approximate surface area is 141 Å². The van der Waals surface area contributed by atoms with Crippen molar-refractivity contribution in [3.8, 4) is 17.2 Å². The molecule has 6 nitrogen and oxygen atoms in total. The molecule has 2 aromatic carbocycles. The molecule has 128 valence electrons. The van der Waals surface area contributed by atoms with Gasteiger partial charge < -0.3 is 14.2 Å². The third kappa shape index (κ3) is 3.86. The summed E-state index contributed by atoms with van der Waals surface area (Å²) < 4.78 is 43.9. The van der Waals surface area contributed by atoms with Gasteiger partial charge in [0.25, 0.3) is 10.0 Å². The molecule has 0 heterocycles. The summed E-state index contributed by atoms with van der Waals surface area (Å²) in [6.07, 6.45) is 1.25. The highest BCUT2D eigenvalue weighted by molar-refractivity contribution is 7.90. The van der Waals surface area contributed by atoms with Crippen molar-refractivity contribution in [2.75, 3.05) is 21.3 Å². The van der Waals surface area contributed by atoms with Gasteiger partial charge in [-0.1, -0.05) is 17.7 Å². The van der Waals surface area contributed by atoms with E-state index in [9.17, 15) is 8.42 Å². The second-order valence-electron chi connectivity index (χ2n) is 4.98. The van der Waals surface area contributed by atoms with Gasteiger partial charge in [-0.3, -0.25) is 0 Å². The van der Waals surface area contributed by atoms with Gasteiger partial charge in [0.2, 0.25) is 5.75 Å². The van der Waals surface area contributed by atoms with Crippen molar-refractivity contribution in [2.24, 2.45) is 4.40 Å². The Kier molecular flexibility index (Phi) is 5.46. The van der Waals surface area contributed by atoms with Crippen LogP contribution in [0.5, 0.6) is 17.2 Å². The molecule has 24 heavy (non-hydrogen) atoms. The fraction of sp³-hybridized carbons (Fsp3) is 0.235. The minimum atomic E-state index is -3.77. The summed E-state index contributed by atoms with van der Waals surface area (Å²) in [5.74, 6) is 1.27. The van der Waals surface area contributed by atoms with E-state index in [-0.39, 0.29) is 4.90 Å². The maximum Gasteiger partial charge on any atom is 0.282 e. The van der Waals surface area contributed by atoms with Crippen LogP contribution in [0.3, 0.4) is 0 Å². The Hall–Kier alpha value is -2.54. The molecule has 0 aliphatic rings. The summed E-state index contributed by atoms with van der Waals surface area (Å²) in [4.78, 5) is 0.136. The fourth-order valence-corrected chi connectivity index (χ4v) is 2.94. The molecule has 0 atom stereocenters. The summed E-state index contributed by atoms with van der Waals surface area (Å²) in [6.45, 7) is 1.88. The Morgan fingerprint density at radius 1 is 0.917 bits per heavy atom. The van der Waals surface area contributed by atoms with E-state index in [0.29, 0.717) is 22.8 Å². The SMILES string of the molecule is COc1cc(/C=N/S(=O)(=O)c2ccc(C)cc2)cc(OC)c1OC. The van der Waals surface area contributed by atoms with Crippen LogP contribution in [0.15, 0.2) is 45.7 Å². The lowest BCUT2D eigenvalue weighted by molar-refractivity contribution is 0.324. The first-order valence-corrected chi connectivity index (χ1v) is 8.52. The Balaban J connectivity index is 2.39. The van der Waals surface area contributed by atoms with E-state index in [1.807, 2.05) is 6.92 Å². The molecule has 0 aliphatic heterocycles. The van der Waals surface area contributed by atoms with Gasteiger partial charge in [0, 0.05) is 11.8 Å². The third-order valence-corrected chi connectivity index (χ3v) is 4.60. The van der Waals surface area contributed by atoms with Crippen LogP contribution in [0.25, 0.3) is 0 Å². The molecule has 7 heteroatoms. The average Bonchev–Trinajstić information content (AvgIpc) is 2.59. The molecule has 0 bridgehead atoms. The lowest BCUT2D eigenvalue weighted by atomic mass is 10.2. The summed E-state index contributed by atoms with van der Waals surface area (Å²) in [5.41, 5.74) is 1.49. The van der Waals surface area contributed by atoms with Gasteiger partial charge in [-0.2, -0.15) is 12.8 Å². The lowest BCUT2D eigenvalue weighted by Crippen LogP contribution is -1.99. The zero-order valence-corrected chi connectivity index (χ0v) is 14.8. The average molecular weight is 349 g/mol. The highest BCUT2D eigenvalue weighted by Crippen LogP contribution is 2.37. The molecular formula is C17H19NO5S. The van der Waals surface area contributed by atoms with E-state index in [2.05, 4.69) is 4.40 Å². The smallest absolute Gasteiger partial charge is 0.282 e. The van der Waals surface area contributed by atoms with Gasteiger partial charge in [-0.15, -0.1) is 0 Å². The number of hydrogen-bond donors (Lipinski definition) is 0. The van der Waals surface area contributed by atoms with E-state index in [1.165, 1.54) is 39.7 Å². The first-order valence-electron chi connectivity index (χ1n) is 7.08. The summed E-state index contributed by atoms with van der Waals surface area (Å²) in [5, 5.41) is 0. The van der Waals surface area contributed by atoms with Gasteiger partial charge in [0.05, 0.1) is 26.2 Å². The Morgan fingerprint density at radius 2 is 1.46 bits per heavy atom. The molecule has 2 aromatic rings.